The van der Waals surface area contributed by atoms with Gasteiger partial charge < -0.3 is 19.9 Å². The van der Waals surface area contributed by atoms with Crippen LogP contribution in [0, 0.1) is 0 Å². The van der Waals surface area contributed by atoms with Crippen LogP contribution in [0.3, 0.4) is 0 Å². The van der Waals surface area contributed by atoms with Gasteiger partial charge in [0.15, 0.2) is 0 Å². The van der Waals surface area contributed by atoms with E-state index in [-0.39, 0.29) is 6.61 Å². The van der Waals surface area contributed by atoms with Crippen molar-refractivity contribution in [1.82, 2.24) is 5.32 Å². The van der Waals surface area contributed by atoms with E-state index in [9.17, 15) is 0 Å². The first-order valence-electron chi connectivity index (χ1n) is 7.49. The first-order valence-corrected chi connectivity index (χ1v) is 7.49. The summed E-state index contributed by atoms with van der Waals surface area (Å²) in [7, 11) is 3.49. The number of ether oxygens (including phenoxy) is 2. The van der Waals surface area contributed by atoms with Crippen LogP contribution in [0.5, 0.6) is 0 Å². The van der Waals surface area contributed by atoms with Gasteiger partial charge in [-0.05, 0) is 32.0 Å². The predicted octanol–water partition coefficient (Wildman–Crippen LogP) is 2.95. The second-order valence-electron chi connectivity index (χ2n) is 3.75. The van der Waals surface area contributed by atoms with Gasteiger partial charge in [0, 0.05) is 20.3 Å². The van der Waals surface area contributed by atoms with Crippen molar-refractivity contribution in [3.05, 3.63) is 36.0 Å². The lowest BCUT2D eigenvalue weighted by atomic mass is 10.2. The van der Waals surface area contributed by atoms with Crippen LogP contribution in [0.15, 0.2) is 36.0 Å². The van der Waals surface area contributed by atoms with Crippen LogP contribution in [0.4, 0.5) is 0 Å². The number of methoxy groups -OCH3 is 1. The molecule has 0 aliphatic rings. The van der Waals surface area contributed by atoms with Gasteiger partial charge in [-0.15, -0.1) is 0 Å². The minimum atomic E-state index is 0.233. The molecule has 0 atom stereocenters. The van der Waals surface area contributed by atoms with E-state index >= 15 is 0 Å². The third-order valence-corrected chi connectivity index (χ3v) is 2.07. The summed E-state index contributed by atoms with van der Waals surface area (Å²) in [5.41, 5.74) is 2.12. The second-order valence-corrected chi connectivity index (χ2v) is 3.75. The van der Waals surface area contributed by atoms with Gasteiger partial charge in [-0.3, -0.25) is 0 Å². The van der Waals surface area contributed by atoms with E-state index in [0.717, 1.165) is 17.8 Å². The normalized spacial score (nSPS) is 10.5. The molecule has 0 fully saturated rings. The Labute approximate surface area is 131 Å². The van der Waals surface area contributed by atoms with Gasteiger partial charge in [-0.2, -0.15) is 0 Å². The highest BCUT2D eigenvalue weighted by atomic mass is 16.5. The zero-order chi connectivity index (χ0) is 16.9. The van der Waals surface area contributed by atoms with Gasteiger partial charge in [-0.25, -0.2) is 0 Å². The summed E-state index contributed by atoms with van der Waals surface area (Å²) in [5.74, 6) is 0. The van der Waals surface area contributed by atoms with E-state index in [2.05, 4.69) is 11.9 Å². The molecule has 4 nitrogen and oxygen atoms in total. The van der Waals surface area contributed by atoms with Crippen LogP contribution in [-0.2, 0) is 9.47 Å². The van der Waals surface area contributed by atoms with Crippen molar-refractivity contribution in [3.63, 3.8) is 0 Å². The number of rotatable bonds is 9. The molecule has 2 N–H and O–H groups in total. The maximum absolute atomic E-state index is 8.00. The number of hydrogen-bond donors (Lipinski definition) is 2. The van der Waals surface area contributed by atoms with Gasteiger partial charge in [0.05, 0.1) is 19.8 Å². The highest BCUT2D eigenvalue weighted by Crippen LogP contribution is 2.01. The molecule has 0 aromatic rings. The largest absolute Gasteiger partial charge is 0.395 e. The van der Waals surface area contributed by atoms with Gasteiger partial charge in [0.1, 0.15) is 0 Å². The van der Waals surface area contributed by atoms with E-state index in [1.807, 2.05) is 45.9 Å². The summed E-state index contributed by atoms with van der Waals surface area (Å²) in [6, 6.07) is 0. The summed E-state index contributed by atoms with van der Waals surface area (Å²) < 4.78 is 10.2. The molecule has 0 spiro atoms. The van der Waals surface area contributed by atoms with Gasteiger partial charge in [0.25, 0.3) is 0 Å². The minimum absolute atomic E-state index is 0.233. The molecule has 0 unspecified atom stereocenters. The van der Waals surface area contributed by atoms with Gasteiger partial charge >= 0.3 is 0 Å². The van der Waals surface area contributed by atoms with E-state index in [1.165, 1.54) is 0 Å². The quantitative estimate of drug-likeness (QED) is 0.643. The Balaban J connectivity index is -0.000000389. The zero-order valence-corrected chi connectivity index (χ0v) is 14.7. The van der Waals surface area contributed by atoms with Crippen molar-refractivity contribution in [2.24, 2.45) is 0 Å². The molecule has 0 radical (unpaired) electrons. The maximum Gasteiger partial charge on any atom is 0.0711 e. The average Bonchev–Trinajstić information content (AvgIpc) is 2.52. The number of allylic oxidation sites excluding steroid dienone is 1. The van der Waals surface area contributed by atoms with Crippen LogP contribution < -0.4 is 5.32 Å². The number of hydrogen-bond acceptors (Lipinski definition) is 4. The Hall–Kier alpha value is -0.940. The smallest absolute Gasteiger partial charge is 0.0711 e. The maximum atomic E-state index is 8.00. The van der Waals surface area contributed by atoms with Crippen LogP contribution in [0.1, 0.15) is 27.7 Å². The van der Waals surface area contributed by atoms with E-state index in [1.54, 1.807) is 14.2 Å². The fourth-order valence-corrected chi connectivity index (χ4v) is 1.01. The van der Waals surface area contributed by atoms with Crippen LogP contribution in [0.2, 0.25) is 0 Å². The highest BCUT2D eigenvalue weighted by Gasteiger charge is 1.91. The number of nitrogens with one attached hydrogen (secondary N) is 1. The topological polar surface area (TPSA) is 50.7 Å². The van der Waals surface area contributed by atoms with E-state index < -0.39 is 0 Å². The average molecular weight is 301 g/mol. The number of aliphatic hydroxyl groups excluding tert-OH is 1. The van der Waals surface area contributed by atoms with Crippen molar-refractivity contribution in [2.75, 3.05) is 47.1 Å². The van der Waals surface area contributed by atoms with E-state index in [0.29, 0.717) is 19.8 Å². The molecule has 0 saturated carbocycles. The van der Waals surface area contributed by atoms with Crippen LogP contribution in [0.25, 0.3) is 0 Å². The molecule has 4 heteroatoms. The fourth-order valence-electron chi connectivity index (χ4n) is 1.01. The molecule has 0 heterocycles. The molecule has 0 aromatic heterocycles. The molecular weight excluding hydrogens is 266 g/mol. The molecule has 0 aromatic carbocycles. The minimum Gasteiger partial charge on any atom is -0.395 e. The summed E-state index contributed by atoms with van der Waals surface area (Å²) in [4.78, 5) is 0. The van der Waals surface area contributed by atoms with Crippen LogP contribution >= 0.6 is 0 Å². The highest BCUT2D eigenvalue weighted by molar-refractivity contribution is 5.26. The molecule has 0 aliphatic heterocycles. The Morgan fingerprint density at radius 1 is 1.24 bits per heavy atom. The zero-order valence-electron chi connectivity index (χ0n) is 14.7. The van der Waals surface area contributed by atoms with Gasteiger partial charge in [0.2, 0.25) is 0 Å². The third kappa shape index (κ3) is 24.5. The van der Waals surface area contributed by atoms with Crippen molar-refractivity contribution in [1.29, 1.82) is 0 Å². The first kappa shape index (κ1) is 25.0. The van der Waals surface area contributed by atoms with Crippen molar-refractivity contribution < 1.29 is 14.6 Å². The second kappa shape index (κ2) is 24.1. The Kier molecular flexibility index (Phi) is 28.7. The Morgan fingerprint density at radius 2 is 1.86 bits per heavy atom. The molecular formula is C17H35NO3. The number of aliphatic hydroxyl groups is 1. The molecule has 0 bridgehead atoms. The van der Waals surface area contributed by atoms with Crippen molar-refractivity contribution in [3.8, 4) is 0 Å². The Morgan fingerprint density at radius 3 is 2.19 bits per heavy atom. The van der Waals surface area contributed by atoms with Crippen molar-refractivity contribution >= 4 is 0 Å². The van der Waals surface area contributed by atoms with E-state index in [4.69, 9.17) is 14.6 Å². The third-order valence-electron chi connectivity index (χ3n) is 2.07. The lowest BCUT2D eigenvalue weighted by Gasteiger charge is -2.01. The first-order chi connectivity index (χ1) is 10.2. The summed E-state index contributed by atoms with van der Waals surface area (Å²) in [5, 5.41) is 10.8. The molecule has 0 amide bonds. The fraction of sp³-hybridized carbons (Fsp3) is 0.647. The van der Waals surface area contributed by atoms with Crippen molar-refractivity contribution in [2.45, 2.75) is 27.7 Å². The lowest BCUT2D eigenvalue weighted by Crippen LogP contribution is -2.10. The number of likely N-dealkylation sites (N-methyl/N-ethyl adjacent to an activating group) is 1. The standard InChI is InChI=1S/C12H20O2.C3H9NO.C2H6/c1-5-12(10-13-4)8-7-11(3)9-14-6-2;1-4-2-3-5;1-2/h5,7-8H,3,6,9-10H2,1-2,4H3;4-5H,2-3H2,1H3;1-2H3/b8-7-,12-5+;;. The van der Waals surface area contributed by atoms with Crippen LogP contribution in [-0.4, -0.2) is 52.2 Å². The SMILES string of the molecule is C=C(/C=C\C(=C/C)COC)COCC.CC.CNCCO. The molecule has 0 rings (SSSR count). The Bertz CT molecular complexity index is 259. The molecule has 0 saturated heterocycles. The molecule has 126 valence electrons. The monoisotopic (exact) mass is 301 g/mol. The van der Waals surface area contributed by atoms with Gasteiger partial charge in [-0.1, -0.05) is 38.7 Å². The lowest BCUT2D eigenvalue weighted by molar-refractivity contribution is 0.173. The molecule has 21 heavy (non-hydrogen) atoms. The summed E-state index contributed by atoms with van der Waals surface area (Å²) >= 11 is 0. The predicted molar refractivity (Wildman–Crippen MR) is 92.8 cm³/mol. The summed E-state index contributed by atoms with van der Waals surface area (Å²) in [6.07, 6.45) is 5.99. The molecule has 0 aliphatic carbocycles. The summed E-state index contributed by atoms with van der Waals surface area (Å²) in [6.45, 7) is 14.7.